The van der Waals surface area contributed by atoms with Crippen molar-refractivity contribution >= 4 is 0 Å². The smallest absolute Gasteiger partial charge is 0.0678 e. The van der Waals surface area contributed by atoms with Crippen LogP contribution < -0.4 is 5.32 Å². The minimum Gasteiger partial charge on any atom is -0.373 e. The van der Waals surface area contributed by atoms with E-state index in [-0.39, 0.29) is 0 Å². The fraction of sp³-hybridized carbons (Fsp3) is 1.00. The van der Waals surface area contributed by atoms with Gasteiger partial charge in [-0.15, -0.1) is 0 Å². The maximum absolute atomic E-state index is 5.77. The second-order valence-electron chi connectivity index (χ2n) is 5.48. The molecule has 102 valence electrons. The summed E-state index contributed by atoms with van der Waals surface area (Å²) in [5.41, 5.74) is 0. The van der Waals surface area contributed by atoms with Crippen LogP contribution in [0.1, 0.15) is 47.5 Å². The molecule has 1 heterocycles. The highest BCUT2D eigenvalue weighted by Crippen LogP contribution is 2.13. The van der Waals surface area contributed by atoms with Crippen LogP contribution in [-0.2, 0) is 4.74 Å². The van der Waals surface area contributed by atoms with E-state index >= 15 is 0 Å². The Morgan fingerprint density at radius 2 is 1.71 bits per heavy atom. The van der Waals surface area contributed by atoms with Gasteiger partial charge in [0.15, 0.2) is 0 Å². The van der Waals surface area contributed by atoms with Crippen LogP contribution in [0.5, 0.6) is 0 Å². The molecule has 0 bridgehead atoms. The minimum atomic E-state index is 0.370. The summed E-state index contributed by atoms with van der Waals surface area (Å²) in [5.74, 6) is 0. The molecule has 0 saturated carbocycles. The molecule has 1 fully saturated rings. The molecule has 0 aliphatic carbocycles. The first-order valence-corrected chi connectivity index (χ1v) is 7.19. The Balaban J connectivity index is 2.33. The van der Waals surface area contributed by atoms with E-state index in [1.807, 2.05) is 0 Å². The highest BCUT2D eigenvalue weighted by Gasteiger charge is 2.25. The zero-order valence-corrected chi connectivity index (χ0v) is 12.2. The summed E-state index contributed by atoms with van der Waals surface area (Å²) >= 11 is 0. The molecule has 0 aromatic carbocycles. The third-order valence-electron chi connectivity index (χ3n) is 3.76. The molecule has 0 aromatic heterocycles. The maximum Gasteiger partial charge on any atom is 0.0678 e. The van der Waals surface area contributed by atoms with Gasteiger partial charge in [0.25, 0.3) is 0 Å². The summed E-state index contributed by atoms with van der Waals surface area (Å²) in [6.45, 7) is 14.4. The number of ether oxygens (including phenoxy) is 1. The zero-order valence-electron chi connectivity index (χ0n) is 12.2. The van der Waals surface area contributed by atoms with Crippen molar-refractivity contribution in [2.24, 2.45) is 0 Å². The van der Waals surface area contributed by atoms with Gasteiger partial charge in [-0.05, 0) is 33.6 Å². The Morgan fingerprint density at radius 1 is 1.18 bits per heavy atom. The minimum absolute atomic E-state index is 0.370. The van der Waals surface area contributed by atoms with Gasteiger partial charge in [-0.1, -0.05) is 13.8 Å². The van der Waals surface area contributed by atoms with Crippen molar-refractivity contribution in [3.05, 3.63) is 0 Å². The second-order valence-corrected chi connectivity index (χ2v) is 5.48. The maximum atomic E-state index is 5.77. The van der Waals surface area contributed by atoms with Crippen LogP contribution >= 0.6 is 0 Å². The number of rotatable bonds is 6. The first-order valence-electron chi connectivity index (χ1n) is 7.19. The van der Waals surface area contributed by atoms with Crippen LogP contribution in [0, 0.1) is 0 Å². The highest BCUT2D eigenvalue weighted by atomic mass is 16.5. The average Bonchev–Trinajstić information content (AvgIpc) is 2.28. The second kappa shape index (κ2) is 7.34. The van der Waals surface area contributed by atoms with Gasteiger partial charge >= 0.3 is 0 Å². The number of nitrogens with zero attached hydrogens (tertiary/aromatic N) is 1. The lowest BCUT2D eigenvalue weighted by molar-refractivity contribution is -0.0782. The van der Waals surface area contributed by atoms with E-state index in [0.29, 0.717) is 24.3 Å². The lowest BCUT2D eigenvalue weighted by Crippen LogP contribution is -2.52. The fourth-order valence-electron chi connectivity index (χ4n) is 2.62. The van der Waals surface area contributed by atoms with E-state index in [1.165, 1.54) is 12.8 Å². The number of nitrogens with one attached hydrogen (secondary N) is 1. The molecular weight excluding hydrogens is 212 g/mol. The molecule has 3 atom stereocenters. The highest BCUT2D eigenvalue weighted by molar-refractivity contribution is 4.79. The van der Waals surface area contributed by atoms with Crippen LogP contribution in [0.3, 0.4) is 0 Å². The van der Waals surface area contributed by atoms with E-state index in [9.17, 15) is 0 Å². The molecule has 0 aromatic rings. The molecule has 1 rings (SSSR count). The van der Waals surface area contributed by atoms with Crippen LogP contribution in [0.4, 0.5) is 0 Å². The normalized spacial score (nSPS) is 28.6. The SMILES string of the molecule is CCC(CC)NCC(C)N1C[C@@H](C)O[C@@H](C)C1. The van der Waals surface area contributed by atoms with E-state index in [2.05, 4.69) is 44.8 Å². The van der Waals surface area contributed by atoms with E-state index in [4.69, 9.17) is 4.74 Å². The molecule has 0 amide bonds. The summed E-state index contributed by atoms with van der Waals surface area (Å²) in [7, 11) is 0. The van der Waals surface area contributed by atoms with E-state index < -0.39 is 0 Å². The summed E-state index contributed by atoms with van der Waals surface area (Å²) in [6, 6.07) is 1.28. The largest absolute Gasteiger partial charge is 0.373 e. The van der Waals surface area contributed by atoms with Crippen LogP contribution in [0.2, 0.25) is 0 Å². The van der Waals surface area contributed by atoms with Gasteiger partial charge in [0.1, 0.15) is 0 Å². The van der Waals surface area contributed by atoms with Crippen molar-refractivity contribution in [3.8, 4) is 0 Å². The van der Waals surface area contributed by atoms with Crippen molar-refractivity contribution < 1.29 is 4.74 Å². The first-order chi connectivity index (χ1) is 8.06. The van der Waals surface area contributed by atoms with Crippen molar-refractivity contribution in [3.63, 3.8) is 0 Å². The Bertz CT molecular complexity index is 196. The van der Waals surface area contributed by atoms with E-state index in [0.717, 1.165) is 19.6 Å². The predicted octanol–water partition coefficient (Wildman–Crippen LogP) is 2.26. The lowest BCUT2D eigenvalue weighted by atomic mass is 10.1. The summed E-state index contributed by atoms with van der Waals surface area (Å²) < 4.78 is 5.77. The molecule has 1 aliphatic heterocycles. The van der Waals surface area contributed by atoms with Gasteiger partial charge < -0.3 is 10.1 Å². The quantitative estimate of drug-likeness (QED) is 0.773. The fourth-order valence-corrected chi connectivity index (χ4v) is 2.62. The molecule has 1 aliphatic rings. The van der Waals surface area contributed by atoms with Gasteiger partial charge in [-0.2, -0.15) is 0 Å². The molecule has 0 spiro atoms. The van der Waals surface area contributed by atoms with Crippen molar-refractivity contribution in [1.82, 2.24) is 10.2 Å². The topological polar surface area (TPSA) is 24.5 Å². The third kappa shape index (κ3) is 4.94. The van der Waals surface area contributed by atoms with Gasteiger partial charge in [0.05, 0.1) is 12.2 Å². The van der Waals surface area contributed by atoms with Gasteiger partial charge in [-0.25, -0.2) is 0 Å². The zero-order chi connectivity index (χ0) is 12.8. The standard InChI is InChI=1S/C14H30N2O/c1-6-14(7-2)15-8-11(3)16-9-12(4)17-13(5)10-16/h11-15H,6-10H2,1-5H3/t11?,12-,13+. The third-order valence-corrected chi connectivity index (χ3v) is 3.76. The van der Waals surface area contributed by atoms with Crippen molar-refractivity contribution in [2.45, 2.75) is 71.8 Å². The average molecular weight is 242 g/mol. The van der Waals surface area contributed by atoms with Gasteiger partial charge in [0.2, 0.25) is 0 Å². The predicted molar refractivity (Wildman–Crippen MR) is 73.4 cm³/mol. The van der Waals surface area contributed by atoms with Gasteiger partial charge in [-0.3, -0.25) is 4.90 Å². The van der Waals surface area contributed by atoms with Crippen LogP contribution in [0.15, 0.2) is 0 Å². The number of morpholine rings is 1. The monoisotopic (exact) mass is 242 g/mol. The molecular formula is C14H30N2O. The Hall–Kier alpha value is -0.120. The Labute approximate surface area is 107 Å². The molecule has 0 radical (unpaired) electrons. The number of hydrogen-bond acceptors (Lipinski definition) is 3. The molecule has 17 heavy (non-hydrogen) atoms. The Kier molecular flexibility index (Phi) is 6.45. The Morgan fingerprint density at radius 3 is 2.18 bits per heavy atom. The van der Waals surface area contributed by atoms with Crippen molar-refractivity contribution in [1.29, 1.82) is 0 Å². The first kappa shape index (κ1) is 14.9. The van der Waals surface area contributed by atoms with Gasteiger partial charge in [0, 0.05) is 31.7 Å². The molecule has 1 unspecified atom stereocenters. The summed E-state index contributed by atoms with van der Waals surface area (Å²) in [5, 5.41) is 3.66. The van der Waals surface area contributed by atoms with Crippen LogP contribution in [0.25, 0.3) is 0 Å². The van der Waals surface area contributed by atoms with E-state index in [1.54, 1.807) is 0 Å². The molecule has 1 N–H and O–H groups in total. The number of hydrogen-bond donors (Lipinski definition) is 1. The van der Waals surface area contributed by atoms with Crippen LogP contribution in [-0.4, -0.2) is 48.8 Å². The van der Waals surface area contributed by atoms with Crippen molar-refractivity contribution in [2.75, 3.05) is 19.6 Å². The lowest BCUT2D eigenvalue weighted by Gasteiger charge is -2.39. The molecule has 1 saturated heterocycles. The summed E-state index contributed by atoms with van der Waals surface area (Å²) in [6.07, 6.45) is 3.18. The molecule has 3 nitrogen and oxygen atoms in total. The molecule has 3 heteroatoms. The summed E-state index contributed by atoms with van der Waals surface area (Å²) in [4.78, 5) is 2.55.